The van der Waals surface area contributed by atoms with Crippen molar-refractivity contribution >= 4 is 17.8 Å². The number of piperidine rings is 1. The molecule has 0 bridgehead atoms. The quantitative estimate of drug-likeness (QED) is 0.215. The summed E-state index contributed by atoms with van der Waals surface area (Å²) in [5.41, 5.74) is -1.61. The van der Waals surface area contributed by atoms with Crippen LogP contribution >= 0.6 is 0 Å². The maximum Gasteiger partial charge on any atom is 0.416 e. The van der Waals surface area contributed by atoms with Crippen LogP contribution in [-0.2, 0) is 35.5 Å². The van der Waals surface area contributed by atoms with Crippen LogP contribution in [0, 0.1) is 11.8 Å². The Hall–Kier alpha value is -4.17. The molecule has 50 heavy (non-hydrogen) atoms. The highest BCUT2D eigenvalue weighted by atomic mass is 19.4. The molecule has 1 N–H and O–H groups in total. The Labute approximate surface area is 286 Å². The molecule has 5 rings (SSSR count). The number of aliphatic carboxylic acids is 1. The Bertz CT molecular complexity index is 1590. The van der Waals surface area contributed by atoms with Gasteiger partial charge in [-0.3, -0.25) is 14.3 Å². The van der Waals surface area contributed by atoms with Crippen LogP contribution in [0.3, 0.4) is 0 Å². The topological polar surface area (TPSA) is 104 Å². The molecule has 272 valence electrons. The number of rotatable bonds is 10. The molecule has 1 aliphatic heterocycles. The lowest BCUT2D eigenvalue weighted by Crippen LogP contribution is -2.58. The Kier molecular flexibility index (Phi) is 11.1. The van der Waals surface area contributed by atoms with Crippen molar-refractivity contribution in [3.05, 3.63) is 59.7 Å². The number of halogens is 6. The minimum atomic E-state index is -5.00. The van der Waals surface area contributed by atoms with Crippen LogP contribution in [0.5, 0.6) is 0 Å². The molecule has 1 aliphatic carbocycles. The molecule has 1 saturated heterocycles. The first-order chi connectivity index (χ1) is 23.6. The number of hydrogen-bond donors (Lipinski definition) is 1. The van der Waals surface area contributed by atoms with Gasteiger partial charge in [-0.1, -0.05) is 13.8 Å². The summed E-state index contributed by atoms with van der Waals surface area (Å²) in [7, 11) is 1.75. The molecule has 9 nitrogen and oxygen atoms in total. The first-order valence-electron chi connectivity index (χ1n) is 17.0. The SMILES string of the molecule is CC[C@@H]1CC(N(Cc2cc(C(F)(F)F)cc(C(F)(F)F)c2)c2ncc(-c3cnn(C)c3)cn2)C[C@H](CC)N1C(=O)C1CCC(CC(=O)O)CC1. The predicted octanol–water partition coefficient (Wildman–Crippen LogP) is 7.75. The Morgan fingerprint density at radius 3 is 1.88 bits per heavy atom. The van der Waals surface area contributed by atoms with Gasteiger partial charge in [-0.25, -0.2) is 9.97 Å². The molecule has 0 spiro atoms. The van der Waals surface area contributed by atoms with Crippen molar-refractivity contribution < 1.29 is 41.0 Å². The summed E-state index contributed by atoms with van der Waals surface area (Å²) >= 11 is 0. The standard InChI is InChI=1S/C35H42F6N6O3/c1-4-28-14-30(15-29(5-2)47(28)32(50)23-8-6-21(7-9-23)12-31(48)49)46(33-42-16-24(17-43-33)25-18-44-45(3)20-25)19-22-10-26(34(36,37)38)13-27(11-22)35(39,40)41/h10-11,13,16-18,20-21,23,28-30H,4-9,12,14-15,19H2,1-3H3,(H,48,49)/t21?,23?,28-,29+,30?. The van der Waals surface area contributed by atoms with Crippen molar-refractivity contribution in [2.75, 3.05) is 4.90 Å². The summed E-state index contributed by atoms with van der Waals surface area (Å²) < 4.78 is 84.6. The zero-order valence-corrected chi connectivity index (χ0v) is 28.2. The van der Waals surface area contributed by atoms with Crippen LogP contribution in [0.25, 0.3) is 11.1 Å². The molecule has 2 aromatic heterocycles. The zero-order valence-electron chi connectivity index (χ0n) is 28.2. The maximum absolute atomic E-state index is 14.0. The number of likely N-dealkylation sites (tertiary alicyclic amines) is 1. The van der Waals surface area contributed by atoms with Gasteiger partial charge in [0.1, 0.15) is 0 Å². The number of hydrogen-bond acceptors (Lipinski definition) is 6. The molecule has 2 aliphatic rings. The first-order valence-corrected chi connectivity index (χ1v) is 17.0. The van der Waals surface area contributed by atoms with Crippen molar-refractivity contribution in [2.45, 2.75) is 109 Å². The normalized spacial score (nSPS) is 23.1. The lowest BCUT2D eigenvalue weighted by atomic mass is 9.78. The van der Waals surface area contributed by atoms with Crippen molar-refractivity contribution in [1.82, 2.24) is 24.6 Å². The van der Waals surface area contributed by atoms with Crippen molar-refractivity contribution in [3.8, 4) is 11.1 Å². The van der Waals surface area contributed by atoms with Gasteiger partial charge in [0.05, 0.1) is 17.3 Å². The van der Waals surface area contributed by atoms with E-state index >= 15 is 0 Å². The Morgan fingerprint density at radius 2 is 1.42 bits per heavy atom. The highest BCUT2D eigenvalue weighted by Gasteiger charge is 2.43. The van der Waals surface area contributed by atoms with E-state index in [0.29, 0.717) is 56.9 Å². The number of nitrogens with zero attached hydrogens (tertiary/aromatic N) is 6. The number of carbonyl (C=O) groups is 2. The Morgan fingerprint density at radius 1 is 0.860 bits per heavy atom. The fraction of sp³-hybridized carbons (Fsp3) is 0.571. The van der Waals surface area contributed by atoms with Gasteiger partial charge in [-0.15, -0.1) is 0 Å². The van der Waals surface area contributed by atoms with Gasteiger partial charge < -0.3 is 14.9 Å². The molecular formula is C35H42F6N6O3. The molecule has 0 radical (unpaired) electrons. The van der Waals surface area contributed by atoms with Crippen molar-refractivity contribution in [2.24, 2.45) is 18.9 Å². The Balaban J connectivity index is 1.47. The number of alkyl halides is 6. The largest absolute Gasteiger partial charge is 0.481 e. The van der Waals surface area contributed by atoms with E-state index in [2.05, 4.69) is 15.1 Å². The van der Waals surface area contributed by atoms with Gasteiger partial charge in [0.25, 0.3) is 0 Å². The molecule has 1 aromatic carbocycles. The number of amides is 1. The van der Waals surface area contributed by atoms with Gasteiger partial charge in [0.2, 0.25) is 11.9 Å². The fourth-order valence-corrected chi connectivity index (χ4v) is 7.52. The molecular weight excluding hydrogens is 666 g/mol. The fourth-order valence-electron chi connectivity index (χ4n) is 7.52. The van der Waals surface area contributed by atoms with Crippen LogP contribution in [0.4, 0.5) is 32.3 Å². The van der Waals surface area contributed by atoms with Gasteiger partial charge in [0, 0.05) is 73.8 Å². The summed E-state index contributed by atoms with van der Waals surface area (Å²) in [6, 6.07) is 0.695. The molecule has 3 aromatic rings. The highest BCUT2D eigenvalue weighted by molar-refractivity contribution is 5.80. The van der Waals surface area contributed by atoms with Crippen LogP contribution in [0.15, 0.2) is 43.0 Å². The van der Waals surface area contributed by atoms with Crippen molar-refractivity contribution in [1.29, 1.82) is 0 Å². The maximum atomic E-state index is 14.0. The van der Waals surface area contributed by atoms with Crippen LogP contribution < -0.4 is 4.90 Å². The van der Waals surface area contributed by atoms with Crippen molar-refractivity contribution in [3.63, 3.8) is 0 Å². The number of carbonyl (C=O) groups excluding carboxylic acids is 1. The van der Waals surface area contributed by atoms with E-state index in [4.69, 9.17) is 0 Å². The van der Waals surface area contributed by atoms with Gasteiger partial charge in [-0.05, 0) is 81.0 Å². The molecule has 3 heterocycles. The minimum absolute atomic E-state index is 0.0206. The molecule has 2 fully saturated rings. The minimum Gasteiger partial charge on any atom is -0.481 e. The number of carboxylic acids is 1. The molecule has 1 unspecified atom stereocenters. The third-order valence-corrected chi connectivity index (χ3v) is 10.1. The van der Waals surface area contributed by atoms with E-state index in [9.17, 15) is 41.0 Å². The average molecular weight is 709 g/mol. The van der Waals surface area contributed by atoms with Crippen LogP contribution in [0.1, 0.15) is 88.3 Å². The third-order valence-electron chi connectivity index (χ3n) is 10.1. The third kappa shape index (κ3) is 8.58. The van der Waals surface area contributed by atoms with E-state index < -0.39 is 35.5 Å². The summed E-state index contributed by atoms with van der Waals surface area (Å²) in [5.74, 6) is -0.871. The number of anilines is 1. The zero-order chi connectivity index (χ0) is 36.4. The predicted molar refractivity (Wildman–Crippen MR) is 173 cm³/mol. The number of aryl methyl sites for hydroxylation is 1. The van der Waals surface area contributed by atoms with Crippen LogP contribution in [-0.4, -0.2) is 59.8 Å². The summed E-state index contributed by atoms with van der Waals surface area (Å²) in [6.07, 6.45) is 1.08. The molecule has 1 amide bonds. The van der Waals surface area contributed by atoms with E-state index in [0.717, 1.165) is 17.7 Å². The number of benzene rings is 1. The van der Waals surface area contributed by atoms with Gasteiger partial charge >= 0.3 is 18.3 Å². The highest BCUT2D eigenvalue weighted by Crippen LogP contribution is 2.40. The second-order valence-electron chi connectivity index (χ2n) is 13.5. The summed E-state index contributed by atoms with van der Waals surface area (Å²) in [4.78, 5) is 38.0. The number of aromatic nitrogens is 4. The van der Waals surface area contributed by atoms with E-state index in [1.54, 1.807) is 41.4 Å². The van der Waals surface area contributed by atoms with E-state index in [1.165, 1.54) is 0 Å². The van der Waals surface area contributed by atoms with Gasteiger partial charge in [0.15, 0.2) is 0 Å². The van der Waals surface area contributed by atoms with Gasteiger partial charge in [-0.2, -0.15) is 31.4 Å². The second kappa shape index (κ2) is 15.0. The molecule has 15 heteroatoms. The number of carboxylic acid groups (broad SMARTS) is 1. The summed E-state index contributed by atoms with van der Waals surface area (Å²) in [5, 5.41) is 13.3. The lowest BCUT2D eigenvalue weighted by Gasteiger charge is -2.49. The average Bonchev–Trinajstić information content (AvgIpc) is 3.51. The van der Waals surface area contributed by atoms with Crippen LogP contribution in [0.2, 0.25) is 0 Å². The van der Waals surface area contributed by atoms with E-state index in [1.807, 2.05) is 18.7 Å². The molecule has 3 atom stereocenters. The summed E-state index contributed by atoms with van der Waals surface area (Å²) in [6.45, 7) is 3.59. The monoisotopic (exact) mass is 708 g/mol. The smallest absolute Gasteiger partial charge is 0.416 e. The molecule has 1 saturated carbocycles. The second-order valence-corrected chi connectivity index (χ2v) is 13.5. The lowest BCUT2D eigenvalue weighted by molar-refractivity contribution is -0.145. The first kappa shape index (κ1) is 37.1. The van der Waals surface area contributed by atoms with E-state index in [-0.39, 0.29) is 60.4 Å².